The molecule has 5 nitrogen and oxygen atoms in total. The lowest BCUT2D eigenvalue weighted by molar-refractivity contribution is 0.0753. The minimum Gasteiger partial charge on any atom is -0.493 e. The number of likely N-dealkylation sites (tertiary alicyclic amines) is 1. The van der Waals surface area contributed by atoms with Crippen molar-refractivity contribution in [3.8, 4) is 11.5 Å². The molecule has 5 heteroatoms. The summed E-state index contributed by atoms with van der Waals surface area (Å²) < 4.78 is 10.9. The van der Waals surface area contributed by atoms with Gasteiger partial charge in [-0.2, -0.15) is 0 Å². The van der Waals surface area contributed by atoms with E-state index in [0.717, 1.165) is 13.1 Å². The molecule has 3 saturated heterocycles. The largest absolute Gasteiger partial charge is 0.493 e. The van der Waals surface area contributed by atoms with E-state index in [4.69, 9.17) is 9.47 Å². The second-order valence-electron chi connectivity index (χ2n) is 7.49. The van der Waals surface area contributed by atoms with Crippen LogP contribution in [0.5, 0.6) is 11.5 Å². The summed E-state index contributed by atoms with van der Waals surface area (Å²) in [6.07, 6.45) is 3.99. The summed E-state index contributed by atoms with van der Waals surface area (Å²) in [7, 11) is 1.62. The Hall–Kier alpha value is -1.75. The maximum atomic E-state index is 13.0. The van der Waals surface area contributed by atoms with E-state index in [1.807, 2.05) is 25.1 Å². The van der Waals surface area contributed by atoms with Crippen molar-refractivity contribution in [3.63, 3.8) is 0 Å². The van der Waals surface area contributed by atoms with Crippen LogP contribution >= 0.6 is 0 Å². The van der Waals surface area contributed by atoms with Gasteiger partial charge in [0.25, 0.3) is 5.91 Å². The molecule has 0 aliphatic carbocycles. The average molecular weight is 344 g/mol. The van der Waals surface area contributed by atoms with Gasteiger partial charge in [0.15, 0.2) is 11.5 Å². The number of ether oxygens (including phenoxy) is 2. The van der Waals surface area contributed by atoms with Gasteiger partial charge in [0.2, 0.25) is 0 Å². The number of carbonyl (C=O) groups is 1. The number of amides is 1. The van der Waals surface area contributed by atoms with Gasteiger partial charge < -0.3 is 14.4 Å². The smallest absolute Gasteiger partial charge is 0.254 e. The zero-order valence-electron chi connectivity index (χ0n) is 15.2. The first kappa shape index (κ1) is 16.7. The Morgan fingerprint density at radius 3 is 2.88 bits per heavy atom. The fourth-order valence-electron chi connectivity index (χ4n) is 4.98. The molecule has 0 spiro atoms. The van der Waals surface area contributed by atoms with Crippen LogP contribution in [0.2, 0.25) is 0 Å². The third-order valence-corrected chi connectivity index (χ3v) is 6.12. The molecule has 1 aromatic rings. The second-order valence-corrected chi connectivity index (χ2v) is 7.49. The number of benzene rings is 1. The van der Waals surface area contributed by atoms with Gasteiger partial charge >= 0.3 is 0 Å². The van der Waals surface area contributed by atoms with Crippen molar-refractivity contribution in [2.75, 3.05) is 39.9 Å². The van der Waals surface area contributed by atoms with E-state index in [-0.39, 0.29) is 5.91 Å². The van der Waals surface area contributed by atoms with Gasteiger partial charge in [-0.3, -0.25) is 9.69 Å². The Morgan fingerprint density at radius 1 is 1.20 bits per heavy atom. The van der Waals surface area contributed by atoms with Crippen molar-refractivity contribution in [1.29, 1.82) is 0 Å². The maximum absolute atomic E-state index is 13.0. The number of methoxy groups -OCH3 is 1. The summed E-state index contributed by atoms with van der Waals surface area (Å²) in [5.41, 5.74) is 0.699. The van der Waals surface area contributed by atoms with Gasteiger partial charge in [-0.15, -0.1) is 0 Å². The molecule has 3 aliphatic rings. The Kier molecular flexibility index (Phi) is 4.59. The fourth-order valence-corrected chi connectivity index (χ4v) is 4.98. The third kappa shape index (κ3) is 2.99. The Morgan fingerprint density at radius 2 is 2.08 bits per heavy atom. The lowest BCUT2D eigenvalue weighted by Gasteiger charge is -2.33. The van der Waals surface area contributed by atoms with Crippen LogP contribution < -0.4 is 9.47 Å². The molecule has 25 heavy (non-hydrogen) atoms. The molecule has 1 aromatic carbocycles. The van der Waals surface area contributed by atoms with E-state index in [2.05, 4.69) is 9.80 Å². The molecule has 0 saturated carbocycles. The van der Waals surface area contributed by atoms with Gasteiger partial charge in [0.05, 0.1) is 13.7 Å². The molecule has 3 aliphatic heterocycles. The lowest BCUT2D eigenvalue weighted by Crippen LogP contribution is -2.40. The molecule has 136 valence electrons. The van der Waals surface area contributed by atoms with Crippen LogP contribution in [0.15, 0.2) is 18.2 Å². The minimum atomic E-state index is 0.125. The summed E-state index contributed by atoms with van der Waals surface area (Å²) in [6, 6.07) is 6.21. The number of fused-ring (bicyclic) bond motifs is 3. The van der Waals surface area contributed by atoms with Crippen LogP contribution in [0.4, 0.5) is 0 Å². The Balaban J connectivity index is 1.48. The number of carbonyl (C=O) groups excluding carboxylic acids is 1. The topological polar surface area (TPSA) is 42.0 Å². The van der Waals surface area contributed by atoms with Gasteiger partial charge in [0, 0.05) is 31.2 Å². The standard InChI is InChI=1S/C20H28N2O3/c1-3-25-19-10-14(7-8-18(19)24-2)20(23)22-12-15-11-21-9-5-4-6-17(21)16(15)13-22/h7-8,10,15-17H,3-6,9,11-13H2,1-2H3/t15-,16+,17-/m0/s1. The van der Waals surface area contributed by atoms with Crippen molar-refractivity contribution in [3.05, 3.63) is 23.8 Å². The van der Waals surface area contributed by atoms with E-state index in [1.54, 1.807) is 7.11 Å². The van der Waals surface area contributed by atoms with Gasteiger partial charge in [-0.25, -0.2) is 0 Å². The molecular formula is C20H28N2O3. The number of nitrogens with zero attached hydrogens (tertiary/aromatic N) is 2. The molecule has 0 unspecified atom stereocenters. The van der Waals surface area contributed by atoms with E-state index in [0.29, 0.717) is 41.5 Å². The van der Waals surface area contributed by atoms with Gasteiger partial charge in [-0.1, -0.05) is 6.42 Å². The van der Waals surface area contributed by atoms with E-state index < -0.39 is 0 Å². The summed E-state index contributed by atoms with van der Waals surface area (Å²) >= 11 is 0. The highest BCUT2D eigenvalue weighted by Gasteiger charge is 2.48. The third-order valence-electron chi connectivity index (χ3n) is 6.12. The zero-order chi connectivity index (χ0) is 17.4. The predicted molar refractivity (Wildman–Crippen MR) is 96.3 cm³/mol. The first-order valence-electron chi connectivity index (χ1n) is 9.55. The zero-order valence-corrected chi connectivity index (χ0v) is 15.2. The van der Waals surface area contributed by atoms with E-state index in [9.17, 15) is 4.79 Å². The van der Waals surface area contributed by atoms with Crippen LogP contribution in [0.3, 0.4) is 0 Å². The average Bonchev–Trinajstić information content (AvgIpc) is 3.19. The van der Waals surface area contributed by atoms with Gasteiger partial charge in [0.1, 0.15) is 0 Å². The number of piperidine rings is 1. The van der Waals surface area contributed by atoms with Crippen LogP contribution in [0, 0.1) is 11.8 Å². The van der Waals surface area contributed by atoms with Crippen molar-refractivity contribution in [1.82, 2.24) is 9.80 Å². The SMILES string of the molecule is CCOc1cc(C(=O)N2C[C@@H]3CN4CCCC[C@H]4[C@@H]3C2)ccc1OC. The van der Waals surface area contributed by atoms with Crippen molar-refractivity contribution >= 4 is 5.91 Å². The Labute approximate surface area is 149 Å². The fraction of sp³-hybridized carbons (Fsp3) is 0.650. The van der Waals surface area contributed by atoms with Crippen molar-refractivity contribution in [2.45, 2.75) is 32.2 Å². The molecule has 0 N–H and O–H groups in total. The first-order chi connectivity index (χ1) is 12.2. The van der Waals surface area contributed by atoms with Crippen LogP contribution in [0.1, 0.15) is 36.5 Å². The highest BCUT2D eigenvalue weighted by atomic mass is 16.5. The molecule has 0 aromatic heterocycles. The molecular weight excluding hydrogens is 316 g/mol. The van der Waals surface area contributed by atoms with Crippen LogP contribution in [-0.4, -0.2) is 61.6 Å². The summed E-state index contributed by atoms with van der Waals surface area (Å²) in [5, 5.41) is 0. The summed E-state index contributed by atoms with van der Waals surface area (Å²) in [4.78, 5) is 17.7. The molecule has 4 rings (SSSR count). The second kappa shape index (κ2) is 6.87. The number of hydrogen-bond acceptors (Lipinski definition) is 4. The van der Waals surface area contributed by atoms with E-state index in [1.165, 1.54) is 32.4 Å². The molecule has 0 bridgehead atoms. The highest BCUT2D eigenvalue weighted by molar-refractivity contribution is 5.95. The quantitative estimate of drug-likeness (QED) is 0.842. The number of hydrogen-bond donors (Lipinski definition) is 0. The molecule has 0 radical (unpaired) electrons. The normalized spacial score (nSPS) is 28.6. The van der Waals surface area contributed by atoms with Crippen LogP contribution in [-0.2, 0) is 0 Å². The van der Waals surface area contributed by atoms with Crippen molar-refractivity contribution < 1.29 is 14.3 Å². The molecule has 3 heterocycles. The highest BCUT2D eigenvalue weighted by Crippen LogP contribution is 2.41. The van der Waals surface area contributed by atoms with E-state index >= 15 is 0 Å². The first-order valence-corrected chi connectivity index (χ1v) is 9.55. The molecule has 3 fully saturated rings. The molecule has 3 atom stereocenters. The number of rotatable bonds is 4. The predicted octanol–water partition coefficient (Wildman–Crippen LogP) is 2.65. The minimum absolute atomic E-state index is 0.125. The maximum Gasteiger partial charge on any atom is 0.254 e. The van der Waals surface area contributed by atoms with Gasteiger partial charge in [-0.05, 0) is 56.3 Å². The summed E-state index contributed by atoms with van der Waals surface area (Å²) in [5.74, 6) is 2.76. The molecule has 1 amide bonds. The van der Waals surface area contributed by atoms with Crippen molar-refractivity contribution in [2.24, 2.45) is 11.8 Å². The summed E-state index contributed by atoms with van der Waals surface area (Å²) in [6.45, 7) is 6.71. The Bertz CT molecular complexity index is 648. The monoisotopic (exact) mass is 344 g/mol. The van der Waals surface area contributed by atoms with Crippen LogP contribution in [0.25, 0.3) is 0 Å². The lowest BCUT2D eigenvalue weighted by atomic mass is 9.90.